The van der Waals surface area contributed by atoms with Crippen LogP contribution in [-0.2, 0) is 0 Å². The maximum Gasteiger partial charge on any atom is 0.148 e. The number of anilines is 2. The third-order valence-electron chi connectivity index (χ3n) is 2.10. The lowest BCUT2D eigenvalue weighted by atomic mass is 10.2. The number of nitrogens with zero attached hydrogens (tertiary/aromatic N) is 2. The predicted octanol–water partition coefficient (Wildman–Crippen LogP) is 3.43. The van der Waals surface area contributed by atoms with Gasteiger partial charge in [0.25, 0.3) is 0 Å². The lowest BCUT2D eigenvalue weighted by Crippen LogP contribution is -1.96. The molecule has 2 aromatic rings. The third-order valence-corrected chi connectivity index (χ3v) is 2.68. The first-order valence-corrected chi connectivity index (χ1v) is 5.45. The largest absolute Gasteiger partial charge is 0.339 e. The van der Waals surface area contributed by atoms with E-state index in [1.54, 1.807) is 25.3 Å². The average Bonchev–Trinajstić information content (AvgIpc) is 2.27. The molecule has 1 N–H and O–H groups in total. The highest BCUT2D eigenvalue weighted by Gasteiger charge is 2.03. The second-order valence-electron chi connectivity index (χ2n) is 3.31. The first kappa shape index (κ1) is 11.0. The fourth-order valence-electron chi connectivity index (χ4n) is 1.21. The number of rotatable bonds is 2. The average molecular weight is 282 g/mol. The second kappa shape index (κ2) is 4.57. The van der Waals surface area contributed by atoms with Crippen LogP contribution in [0.25, 0.3) is 0 Å². The molecule has 0 bridgehead atoms. The second-order valence-corrected chi connectivity index (χ2v) is 4.16. The van der Waals surface area contributed by atoms with Gasteiger partial charge in [-0.3, -0.25) is 0 Å². The van der Waals surface area contributed by atoms with Crippen LogP contribution in [0.3, 0.4) is 0 Å². The number of hydrogen-bond donors (Lipinski definition) is 1. The van der Waals surface area contributed by atoms with Gasteiger partial charge in [-0.25, -0.2) is 14.4 Å². The fraction of sp³-hybridized carbons (Fsp3) is 0.0909. The Morgan fingerprint density at radius 2 is 2.19 bits per heavy atom. The van der Waals surface area contributed by atoms with Crippen molar-refractivity contribution in [3.05, 3.63) is 46.6 Å². The van der Waals surface area contributed by atoms with Crippen LogP contribution in [0.4, 0.5) is 15.9 Å². The zero-order chi connectivity index (χ0) is 11.5. The summed E-state index contributed by atoms with van der Waals surface area (Å²) in [5.41, 5.74) is 1.27. The van der Waals surface area contributed by atoms with E-state index < -0.39 is 0 Å². The van der Waals surface area contributed by atoms with Crippen molar-refractivity contribution in [2.24, 2.45) is 0 Å². The molecular weight excluding hydrogens is 273 g/mol. The fourth-order valence-corrected chi connectivity index (χ4v) is 1.53. The molecular formula is C11H9BrFN3. The van der Waals surface area contributed by atoms with Gasteiger partial charge in [-0.1, -0.05) is 6.07 Å². The number of aromatic nitrogens is 2. The van der Waals surface area contributed by atoms with E-state index >= 15 is 0 Å². The van der Waals surface area contributed by atoms with Crippen molar-refractivity contribution < 1.29 is 4.39 Å². The zero-order valence-corrected chi connectivity index (χ0v) is 10.1. The lowest BCUT2D eigenvalue weighted by molar-refractivity contribution is 0.619. The number of halogens is 2. The Labute approximate surface area is 101 Å². The molecule has 0 fully saturated rings. The number of hydrogen-bond acceptors (Lipinski definition) is 3. The molecule has 0 saturated carbocycles. The monoisotopic (exact) mass is 281 g/mol. The summed E-state index contributed by atoms with van der Waals surface area (Å²) in [7, 11) is 0. The summed E-state index contributed by atoms with van der Waals surface area (Å²) in [6.45, 7) is 1.72. The molecule has 2 rings (SSSR count). The van der Waals surface area contributed by atoms with Crippen LogP contribution in [0.5, 0.6) is 0 Å². The molecule has 5 heteroatoms. The van der Waals surface area contributed by atoms with E-state index in [1.165, 1.54) is 12.4 Å². The van der Waals surface area contributed by atoms with Gasteiger partial charge in [0.1, 0.15) is 18.0 Å². The van der Waals surface area contributed by atoms with Crippen molar-refractivity contribution in [3.63, 3.8) is 0 Å². The Hall–Kier alpha value is -1.49. The minimum absolute atomic E-state index is 0.241. The molecule has 0 amide bonds. The van der Waals surface area contributed by atoms with E-state index in [0.29, 0.717) is 17.1 Å². The third kappa shape index (κ3) is 2.36. The van der Waals surface area contributed by atoms with Gasteiger partial charge in [-0.05, 0) is 40.5 Å². The Bertz CT molecular complexity index is 516. The summed E-state index contributed by atoms with van der Waals surface area (Å²) in [5, 5.41) is 3.00. The number of aryl methyl sites for hydroxylation is 1. The first-order valence-electron chi connectivity index (χ1n) is 4.65. The molecule has 0 spiro atoms. The molecule has 82 valence electrons. The van der Waals surface area contributed by atoms with E-state index in [1.807, 2.05) is 0 Å². The minimum atomic E-state index is -0.241. The quantitative estimate of drug-likeness (QED) is 0.917. The highest BCUT2D eigenvalue weighted by atomic mass is 79.9. The maximum atomic E-state index is 13.3. The molecule has 0 radical (unpaired) electrons. The molecule has 0 unspecified atom stereocenters. The van der Waals surface area contributed by atoms with E-state index in [0.717, 1.165) is 4.47 Å². The highest BCUT2D eigenvalue weighted by molar-refractivity contribution is 9.10. The van der Waals surface area contributed by atoms with Crippen molar-refractivity contribution in [1.82, 2.24) is 9.97 Å². The molecule has 3 nitrogen and oxygen atoms in total. The molecule has 0 atom stereocenters. The SMILES string of the molecule is Cc1ccc(Nc2ncncc2Br)cc1F. The van der Waals surface area contributed by atoms with Crippen molar-refractivity contribution in [1.29, 1.82) is 0 Å². The Morgan fingerprint density at radius 3 is 2.88 bits per heavy atom. The van der Waals surface area contributed by atoms with E-state index in [2.05, 4.69) is 31.2 Å². The molecule has 16 heavy (non-hydrogen) atoms. The molecule has 1 aromatic carbocycles. The van der Waals surface area contributed by atoms with Crippen LogP contribution in [0.1, 0.15) is 5.56 Å². The first-order chi connectivity index (χ1) is 7.66. The molecule has 0 saturated heterocycles. The van der Waals surface area contributed by atoms with Crippen molar-refractivity contribution in [2.75, 3.05) is 5.32 Å². The van der Waals surface area contributed by atoms with E-state index in [9.17, 15) is 4.39 Å². The normalized spacial score (nSPS) is 10.2. The molecule has 1 heterocycles. The maximum absolute atomic E-state index is 13.3. The van der Waals surface area contributed by atoms with Gasteiger partial charge < -0.3 is 5.32 Å². The van der Waals surface area contributed by atoms with E-state index in [4.69, 9.17) is 0 Å². The molecule has 0 aliphatic heterocycles. The van der Waals surface area contributed by atoms with Gasteiger partial charge in [0.2, 0.25) is 0 Å². The molecule has 1 aromatic heterocycles. The molecule has 0 aliphatic carbocycles. The van der Waals surface area contributed by atoms with Gasteiger partial charge in [0.05, 0.1) is 4.47 Å². The van der Waals surface area contributed by atoms with Crippen LogP contribution >= 0.6 is 15.9 Å². The number of benzene rings is 1. The summed E-state index contributed by atoms with van der Waals surface area (Å²) >= 11 is 3.31. The summed E-state index contributed by atoms with van der Waals surface area (Å²) in [6, 6.07) is 4.95. The predicted molar refractivity (Wildman–Crippen MR) is 64.2 cm³/mol. The molecule has 0 aliphatic rings. The summed E-state index contributed by atoms with van der Waals surface area (Å²) in [4.78, 5) is 7.88. The van der Waals surface area contributed by atoms with Gasteiger partial charge in [-0.15, -0.1) is 0 Å². The Morgan fingerprint density at radius 1 is 1.38 bits per heavy atom. The van der Waals surface area contributed by atoms with Gasteiger partial charge >= 0.3 is 0 Å². The van der Waals surface area contributed by atoms with Crippen molar-refractivity contribution in [2.45, 2.75) is 6.92 Å². The topological polar surface area (TPSA) is 37.8 Å². The van der Waals surface area contributed by atoms with Crippen LogP contribution in [0.2, 0.25) is 0 Å². The number of nitrogens with one attached hydrogen (secondary N) is 1. The smallest absolute Gasteiger partial charge is 0.148 e. The summed E-state index contributed by atoms with van der Waals surface area (Å²) in [5.74, 6) is 0.369. The van der Waals surface area contributed by atoms with Crippen LogP contribution < -0.4 is 5.32 Å². The van der Waals surface area contributed by atoms with Gasteiger partial charge in [0.15, 0.2) is 0 Å². The Kier molecular flexibility index (Phi) is 3.14. The van der Waals surface area contributed by atoms with Gasteiger partial charge in [0, 0.05) is 11.9 Å². The Balaban J connectivity index is 2.28. The van der Waals surface area contributed by atoms with Crippen LogP contribution in [0, 0.1) is 12.7 Å². The van der Waals surface area contributed by atoms with Crippen molar-refractivity contribution >= 4 is 27.4 Å². The standard InChI is InChI=1S/C11H9BrFN3/c1-7-2-3-8(4-10(7)13)16-11-9(12)5-14-6-15-11/h2-6H,1H3,(H,14,15,16). The van der Waals surface area contributed by atoms with Crippen LogP contribution in [0.15, 0.2) is 35.2 Å². The summed E-state index contributed by atoms with van der Waals surface area (Å²) in [6.07, 6.45) is 3.05. The van der Waals surface area contributed by atoms with Gasteiger partial charge in [-0.2, -0.15) is 0 Å². The van der Waals surface area contributed by atoms with Crippen LogP contribution in [-0.4, -0.2) is 9.97 Å². The zero-order valence-electron chi connectivity index (χ0n) is 8.54. The van der Waals surface area contributed by atoms with E-state index in [-0.39, 0.29) is 5.82 Å². The minimum Gasteiger partial charge on any atom is -0.339 e. The summed E-state index contributed by atoms with van der Waals surface area (Å²) < 4.78 is 14.0. The van der Waals surface area contributed by atoms with Crippen molar-refractivity contribution in [3.8, 4) is 0 Å². The lowest BCUT2D eigenvalue weighted by Gasteiger charge is -2.07. The highest BCUT2D eigenvalue weighted by Crippen LogP contribution is 2.23.